The zero-order valence-corrected chi connectivity index (χ0v) is 46.5. The molecule has 2 aromatic heterocycles. The smallest absolute Gasteiger partial charge is 0.148 e. The summed E-state index contributed by atoms with van der Waals surface area (Å²) in [6, 6.07) is 101. The minimum Gasteiger partial charge on any atom is -0.457 e. The number of rotatable bonds is 6. The Kier molecular flexibility index (Phi) is 10.3. The number of nitrogens with zero attached hydrogens (tertiary/aromatic N) is 3. The van der Waals surface area contributed by atoms with Gasteiger partial charge in [-0.2, -0.15) is 0 Å². The molecule has 396 valence electrons. The predicted molar refractivity (Wildman–Crippen MR) is 343 cm³/mol. The molecule has 2 aliphatic heterocycles. The Morgan fingerprint density at radius 2 is 0.671 bits per heavy atom. The summed E-state index contributed by atoms with van der Waals surface area (Å²) in [6.07, 6.45) is 1.97. The zero-order valence-electron chi connectivity index (χ0n) is 45.7. The summed E-state index contributed by atoms with van der Waals surface area (Å²) < 4.78 is 13.7. The first-order chi connectivity index (χ1) is 42.1. The van der Waals surface area contributed by atoms with Crippen LogP contribution in [0, 0.1) is 0 Å². The Morgan fingerprint density at radius 3 is 1.25 bits per heavy atom. The lowest BCUT2D eigenvalue weighted by Gasteiger charge is -2.39. The van der Waals surface area contributed by atoms with Gasteiger partial charge in [0.1, 0.15) is 33.0 Å². The van der Waals surface area contributed by atoms with Crippen molar-refractivity contribution in [1.29, 1.82) is 0 Å². The second-order valence-corrected chi connectivity index (χ2v) is 23.5. The molecule has 0 saturated heterocycles. The average molecular weight is 1100 g/mol. The van der Waals surface area contributed by atoms with Crippen molar-refractivity contribution in [1.82, 2.24) is 15.2 Å². The monoisotopic (exact) mass is 1100 g/mol. The highest BCUT2D eigenvalue weighted by atomic mass is 32.1. The molecular weight excluding hydrogens is 1050 g/mol. The van der Waals surface area contributed by atoms with Gasteiger partial charge in [-0.1, -0.05) is 242 Å². The maximum atomic E-state index is 6.91. The van der Waals surface area contributed by atoms with Crippen LogP contribution < -0.4 is 9.47 Å². The molecule has 0 saturated carbocycles. The molecular formula is C79H47N3O2S. The third-order valence-corrected chi connectivity index (χ3v) is 19.3. The number of hydrogen-bond donors (Lipinski definition) is 0. The van der Waals surface area contributed by atoms with Gasteiger partial charge in [-0.25, -0.2) is 0 Å². The molecule has 14 aromatic rings. The van der Waals surface area contributed by atoms with Crippen molar-refractivity contribution >= 4 is 22.2 Å². The van der Waals surface area contributed by atoms with Gasteiger partial charge >= 0.3 is 0 Å². The largest absolute Gasteiger partial charge is 0.457 e. The van der Waals surface area contributed by atoms with Crippen LogP contribution in [0.5, 0.6) is 23.0 Å². The Bertz CT molecular complexity index is 5040. The lowest BCUT2D eigenvalue weighted by molar-refractivity contribution is 0.436. The van der Waals surface area contributed by atoms with E-state index in [1.165, 1.54) is 44.5 Å². The van der Waals surface area contributed by atoms with Gasteiger partial charge in [-0.05, 0) is 132 Å². The maximum absolute atomic E-state index is 6.91. The Balaban J connectivity index is 0.724. The summed E-state index contributed by atoms with van der Waals surface area (Å²) in [5.41, 5.74) is 25.3. The Hall–Kier alpha value is -10.8. The molecule has 2 aliphatic carbocycles. The third kappa shape index (κ3) is 6.88. The number of pyridine rings is 1. The summed E-state index contributed by atoms with van der Waals surface area (Å²) in [7, 11) is 0. The molecule has 0 amide bonds. The summed E-state index contributed by atoms with van der Waals surface area (Å²) in [6.45, 7) is 0. The van der Waals surface area contributed by atoms with E-state index in [0.29, 0.717) is 0 Å². The van der Waals surface area contributed by atoms with Crippen molar-refractivity contribution in [2.75, 3.05) is 0 Å². The summed E-state index contributed by atoms with van der Waals surface area (Å²) in [5.74, 6) is 3.48. The first-order valence-corrected chi connectivity index (χ1v) is 29.7. The normalized spacial score (nSPS) is 14.9. The SMILES string of the molecule is c1ccc(-c2nnc(-c3ccc(-c4ccc5c(c4)C4(c6ccccc6O5)c5ccccc5-c5ccc(-c6ccnc7c(-c8ccc(-c9ccc%10c(c9)C9(c%11ccccc%11O%10)c%10ccccc%10-c%10ccccc%109)cc8)cccc67)cc54)cc3)s2)cc1. The van der Waals surface area contributed by atoms with Crippen molar-refractivity contribution in [2.45, 2.75) is 10.8 Å². The van der Waals surface area contributed by atoms with E-state index in [2.05, 4.69) is 271 Å². The van der Waals surface area contributed by atoms with E-state index in [1.54, 1.807) is 11.3 Å². The second-order valence-electron chi connectivity index (χ2n) is 22.5. The molecule has 1 unspecified atom stereocenters. The van der Waals surface area contributed by atoms with Crippen LogP contribution in [-0.2, 0) is 10.8 Å². The number of ether oxygens (including phenoxy) is 2. The maximum Gasteiger partial charge on any atom is 0.148 e. The topological polar surface area (TPSA) is 57.1 Å². The van der Waals surface area contributed by atoms with Crippen molar-refractivity contribution in [3.05, 3.63) is 330 Å². The first-order valence-electron chi connectivity index (χ1n) is 28.9. The highest BCUT2D eigenvalue weighted by Gasteiger charge is 2.53. The molecule has 5 nitrogen and oxygen atoms in total. The zero-order chi connectivity index (χ0) is 55.8. The van der Waals surface area contributed by atoms with Gasteiger partial charge < -0.3 is 9.47 Å². The molecule has 12 aromatic carbocycles. The van der Waals surface area contributed by atoms with Crippen LogP contribution in [0.1, 0.15) is 44.5 Å². The summed E-state index contributed by atoms with van der Waals surface area (Å²) in [5, 5.41) is 12.0. The van der Waals surface area contributed by atoms with E-state index in [9.17, 15) is 0 Å². The molecule has 85 heavy (non-hydrogen) atoms. The van der Waals surface area contributed by atoms with E-state index in [1.807, 2.05) is 24.4 Å². The number of fused-ring (bicyclic) bond motifs is 19. The Morgan fingerprint density at radius 1 is 0.259 bits per heavy atom. The Labute approximate surface area is 495 Å². The molecule has 1 atom stereocenters. The lowest BCUT2D eigenvalue weighted by Crippen LogP contribution is -2.32. The van der Waals surface area contributed by atoms with E-state index >= 15 is 0 Å². The number of aromatic nitrogens is 3. The van der Waals surface area contributed by atoms with Crippen molar-refractivity contribution in [3.8, 4) is 111 Å². The van der Waals surface area contributed by atoms with Gasteiger partial charge in [-0.3, -0.25) is 4.98 Å². The van der Waals surface area contributed by atoms with Crippen LogP contribution in [0.2, 0.25) is 0 Å². The van der Waals surface area contributed by atoms with Crippen LogP contribution in [0.15, 0.2) is 285 Å². The predicted octanol–water partition coefficient (Wildman–Crippen LogP) is 20.0. The summed E-state index contributed by atoms with van der Waals surface area (Å²) >= 11 is 1.61. The van der Waals surface area contributed by atoms with Gasteiger partial charge in [0.15, 0.2) is 0 Å². The number of para-hydroxylation sites is 3. The number of hydrogen-bond acceptors (Lipinski definition) is 6. The van der Waals surface area contributed by atoms with Gasteiger partial charge in [0, 0.05) is 50.5 Å². The highest BCUT2D eigenvalue weighted by molar-refractivity contribution is 7.17. The van der Waals surface area contributed by atoms with E-state index in [-0.39, 0.29) is 0 Å². The molecule has 0 bridgehead atoms. The van der Waals surface area contributed by atoms with E-state index in [0.717, 1.165) is 122 Å². The first kappa shape index (κ1) is 47.8. The quantitative estimate of drug-likeness (QED) is 0.166. The van der Waals surface area contributed by atoms with Crippen molar-refractivity contribution < 1.29 is 9.47 Å². The van der Waals surface area contributed by atoms with Crippen LogP contribution >= 0.6 is 11.3 Å². The van der Waals surface area contributed by atoms with Crippen LogP contribution in [0.3, 0.4) is 0 Å². The minimum atomic E-state index is -0.680. The molecule has 4 aliphatic rings. The molecule has 0 fully saturated rings. The molecule has 0 radical (unpaired) electrons. The third-order valence-electron chi connectivity index (χ3n) is 18.3. The fourth-order valence-electron chi connectivity index (χ4n) is 14.6. The number of benzene rings is 12. The average Bonchev–Trinajstić information content (AvgIpc) is 1.72. The molecule has 6 heteroatoms. The molecule has 18 rings (SSSR count). The van der Waals surface area contributed by atoms with Gasteiger partial charge in [0.25, 0.3) is 0 Å². The second kappa shape index (κ2) is 18.4. The minimum absolute atomic E-state index is 0.531. The van der Waals surface area contributed by atoms with Crippen LogP contribution in [-0.4, -0.2) is 15.2 Å². The highest BCUT2D eigenvalue weighted by Crippen LogP contribution is 2.64. The molecule has 0 N–H and O–H groups in total. The fourth-order valence-corrected chi connectivity index (χ4v) is 15.5. The van der Waals surface area contributed by atoms with Crippen molar-refractivity contribution in [3.63, 3.8) is 0 Å². The van der Waals surface area contributed by atoms with Crippen molar-refractivity contribution in [2.24, 2.45) is 0 Å². The van der Waals surface area contributed by atoms with Crippen LogP contribution in [0.4, 0.5) is 0 Å². The summed E-state index contributed by atoms with van der Waals surface area (Å²) in [4.78, 5) is 5.15. The van der Waals surface area contributed by atoms with Crippen LogP contribution in [0.25, 0.3) is 98.8 Å². The molecule has 4 heterocycles. The van der Waals surface area contributed by atoms with Gasteiger partial charge in [0.05, 0.1) is 16.3 Å². The van der Waals surface area contributed by atoms with E-state index < -0.39 is 10.8 Å². The standard InChI is InChI=1S/C79H47N3O2S/c1-2-15-51(16-3-1)76-81-82-77(85-76)52-35-31-49(32-36-52)54-39-42-74-70(46-54)79(67-26-11-13-28-72(67)84-74)65-24-9-6-19-60(65)61-40-37-55(47-68(61)79)56-43-44-80-75-57(20-14-21-62(56)75)50-33-29-48(30-34-50)53-38-41-73-69(45-53)78(66-25-10-12-27-71(66)83-73)63-22-7-4-17-58(63)59-18-5-8-23-64(59)78/h1-47H. The van der Waals surface area contributed by atoms with E-state index in [4.69, 9.17) is 14.5 Å². The van der Waals surface area contributed by atoms with Gasteiger partial charge in [0.2, 0.25) is 0 Å². The lowest BCUT2D eigenvalue weighted by atomic mass is 9.65. The molecule has 2 spiro atoms. The van der Waals surface area contributed by atoms with Gasteiger partial charge in [-0.15, -0.1) is 10.2 Å². The fraction of sp³-hybridized carbons (Fsp3) is 0.0253.